The lowest BCUT2D eigenvalue weighted by atomic mass is 9.91. The van der Waals surface area contributed by atoms with Crippen LogP contribution in [-0.2, 0) is 36.8 Å². The molecule has 10 heteroatoms. The predicted octanol–water partition coefficient (Wildman–Crippen LogP) is 7.85. The number of esters is 2. The van der Waals surface area contributed by atoms with Crippen LogP contribution in [0, 0.1) is 0 Å². The molecule has 0 aromatic heterocycles. The van der Waals surface area contributed by atoms with Gasteiger partial charge in [0.15, 0.2) is 6.10 Å². The second kappa shape index (κ2) is 15.0. The van der Waals surface area contributed by atoms with E-state index in [-0.39, 0.29) is 32.3 Å². The third kappa shape index (κ3) is 11.9. The molecule has 7 nitrogen and oxygen atoms in total. The molecular weight excluding hydrogens is 587 g/mol. The van der Waals surface area contributed by atoms with Crippen molar-refractivity contribution < 1.29 is 41.8 Å². The van der Waals surface area contributed by atoms with Gasteiger partial charge < -0.3 is 14.2 Å². The number of likely N-dealkylation sites (N-methyl/N-ethyl adjacent to an activating group) is 1. The zero-order valence-electron chi connectivity index (χ0n) is 26.9. The normalized spacial score (nSPS) is 16.2. The molecule has 3 rings (SSSR count). The van der Waals surface area contributed by atoms with Gasteiger partial charge in [0.25, 0.3) is 5.92 Å². The van der Waals surface area contributed by atoms with Crippen molar-refractivity contribution >= 4 is 23.6 Å². The zero-order valence-corrected chi connectivity index (χ0v) is 26.9. The Hall–Kier alpha value is -3.82. The van der Waals surface area contributed by atoms with Crippen molar-refractivity contribution in [1.29, 1.82) is 0 Å². The van der Waals surface area contributed by atoms with Crippen molar-refractivity contribution in [2.45, 2.75) is 109 Å². The van der Waals surface area contributed by atoms with Gasteiger partial charge in [-0.3, -0.25) is 4.90 Å². The van der Waals surface area contributed by atoms with Crippen molar-refractivity contribution in [1.82, 2.24) is 4.90 Å². The van der Waals surface area contributed by atoms with Crippen LogP contribution >= 0.6 is 0 Å². The van der Waals surface area contributed by atoms with Gasteiger partial charge in [-0.1, -0.05) is 60.7 Å². The van der Waals surface area contributed by atoms with Crippen LogP contribution < -0.4 is 0 Å². The maximum Gasteiger partial charge on any atom is 0.410 e. The van der Waals surface area contributed by atoms with Crippen molar-refractivity contribution in [3.05, 3.63) is 77.4 Å². The molecule has 1 aliphatic carbocycles. The Balaban J connectivity index is 1.77. The Morgan fingerprint density at radius 3 is 2.13 bits per heavy atom. The molecule has 2 aromatic rings. The van der Waals surface area contributed by atoms with E-state index in [1.807, 2.05) is 30.3 Å². The minimum atomic E-state index is -2.67. The molecule has 0 bridgehead atoms. The molecule has 2 atom stereocenters. The number of alkyl halides is 3. The number of carbonyl (C=O) groups excluding carboxylic acids is 3. The summed E-state index contributed by atoms with van der Waals surface area (Å²) in [6, 6.07) is 15.0. The summed E-state index contributed by atoms with van der Waals surface area (Å²) in [7, 11) is 1.32. The average Bonchev–Trinajstić information content (AvgIpc) is 2.96. The van der Waals surface area contributed by atoms with Crippen LogP contribution in [0.25, 0.3) is 5.57 Å². The Morgan fingerprint density at radius 2 is 1.58 bits per heavy atom. The van der Waals surface area contributed by atoms with Crippen LogP contribution in [0.2, 0.25) is 0 Å². The molecule has 45 heavy (non-hydrogen) atoms. The van der Waals surface area contributed by atoms with Crippen LogP contribution in [0.5, 0.6) is 0 Å². The number of ether oxygens (including phenoxy) is 3. The fourth-order valence-electron chi connectivity index (χ4n) is 4.80. The highest BCUT2D eigenvalue weighted by Gasteiger charge is 2.38. The molecule has 0 N–H and O–H groups in total. The number of halogens is 3. The van der Waals surface area contributed by atoms with Gasteiger partial charge in [0, 0.05) is 26.3 Å². The third-order valence-electron chi connectivity index (χ3n) is 7.27. The van der Waals surface area contributed by atoms with Crippen LogP contribution in [0.3, 0.4) is 0 Å². The topological polar surface area (TPSA) is 82.1 Å². The first-order valence-electron chi connectivity index (χ1n) is 15.1. The number of hydrogen-bond donors (Lipinski definition) is 0. The quantitative estimate of drug-likeness (QED) is 0.175. The van der Waals surface area contributed by atoms with E-state index < -0.39 is 53.8 Å². The van der Waals surface area contributed by atoms with Crippen molar-refractivity contribution in [3.63, 3.8) is 0 Å². The Labute approximate surface area is 263 Å². The van der Waals surface area contributed by atoms with Crippen LogP contribution in [-0.4, -0.2) is 59.3 Å². The summed E-state index contributed by atoms with van der Waals surface area (Å²) in [6.45, 7) is 7.51. The van der Waals surface area contributed by atoms with E-state index in [0.29, 0.717) is 6.42 Å². The monoisotopic (exact) mass is 631 g/mol. The number of rotatable bonds is 12. The number of hydrogen-bond acceptors (Lipinski definition) is 6. The van der Waals surface area contributed by atoms with Gasteiger partial charge in [-0.25, -0.2) is 27.6 Å². The number of carbonyl (C=O) groups is 3. The second-order valence-electron chi connectivity index (χ2n) is 13.1. The minimum absolute atomic E-state index is 0.0463. The highest BCUT2D eigenvalue weighted by molar-refractivity contribution is 5.84. The summed E-state index contributed by atoms with van der Waals surface area (Å²) in [5.74, 6) is -4.42. The zero-order chi connectivity index (χ0) is 33.4. The third-order valence-corrected chi connectivity index (χ3v) is 7.27. The van der Waals surface area contributed by atoms with Gasteiger partial charge in [0.1, 0.15) is 23.9 Å². The molecule has 0 saturated heterocycles. The molecular formula is C35H44F3NO6. The first kappa shape index (κ1) is 35.7. The van der Waals surface area contributed by atoms with Crippen LogP contribution in [0.4, 0.5) is 18.0 Å². The summed E-state index contributed by atoms with van der Waals surface area (Å²) in [5.41, 5.74) is 0.561. The highest BCUT2D eigenvalue weighted by atomic mass is 19.3. The van der Waals surface area contributed by atoms with Crippen molar-refractivity contribution in [2.24, 2.45) is 0 Å². The maximum absolute atomic E-state index is 14.8. The number of amides is 1. The smallest absolute Gasteiger partial charge is 0.410 e. The summed E-state index contributed by atoms with van der Waals surface area (Å²) in [4.78, 5) is 40.5. The number of benzene rings is 2. The van der Waals surface area contributed by atoms with Gasteiger partial charge in [-0.2, -0.15) is 0 Å². The molecule has 0 heterocycles. The van der Waals surface area contributed by atoms with Gasteiger partial charge in [0.05, 0.1) is 0 Å². The molecule has 0 unspecified atom stereocenters. The molecule has 0 radical (unpaired) electrons. The lowest BCUT2D eigenvalue weighted by molar-refractivity contribution is -0.172. The molecule has 0 saturated carbocycles. The van der Waals surface area contributed by atoms with Crippen molar-refractivity contribution in [2.75, 3.05) is 7.05 Å². The Morgan fingerprint density at radius 1 is 0.933 bits per heavy atom. The van der Waals surface area contributed by atoms with E-state index in [1.54, 1.807) is 51.1 Å². The second-order valence-corrected chi connectivity index (χ2v) is 13.1. The minimum Gasteiger partial charge on any atom is -0.458 e. The Bertz CT molecular complexity index is 1330. The number of allylic oxidation sites excluding steroid dienone is 2. The average molecular weight is 632 g/mol. The van der Waals surface area contributed by atoms with Gasteiger partial charge in [-0.15, -0.1) is 0 Å². The molecule has 1 amide bonds. The largest absolute Gasteiger partial charge is 0.458 e. The van der Waals surface area contributed by atoms with Gasteiger partial charge in [-0.05, 0) is 76.1 Å². The lowest BCUT2D eigenvalue weighted by Crippen LogP contribution is -2.49. The fourth-order valence-corrected chi connectivity index (χ4v) is 4.80. The first-order chi connectivity index (χ1) is 20.9. The lowest BCUT2D eigenvalue weighted by Gasteiger charge is -2.32. The van der Waals surface area contributed by atoms with E-state index in [4.69, 9.17) is 14.2 Å². The van der Waals surface area contributed by atoms with E-state index in [0.717, 1.165) is 27.2 Å². The predicted molar refractivity (Wildman–Crippen MR) is 165 cm³/mol. The summed E-state index contributed by atoms with van der Waals surface area (Å²) < 4.78 is 58.5. The standard InChI is InChI=1S/C35H44F3NO6/c1-33(2,3)45-32(42)39(6)28(22-34(4,5)36)30(40)44-29(31(41)43-23-25-10-8-7-9-11-25)17-14-24-12-15-26(16-13-24)27-18-20-35(37,38)21-19-27/h7-13,15-16,18,28-29H,14,17,19-23H2,1-6H3/t28-,29+/m0/s1. The SMILES string of the molecule is CN(C(=O)OC(C)(C)C)[C@@H](CC(C)(C)F)C(=O)O[C@H](CCc1ccc(C2=CCC(F)(F)CC2)cc1)C(=O)OCc1ccccc1. The molecule has 246 valence electrons. The van der Waals surface area contributed by atoms with Crippen LogP contribution in [0.1, 0.15) is 83.4 Å². The number of aryl methyl sites for hydroxylation is 1. The fraction of sp³-hybridized carbons (Fsp3) is 0.514. The first-order valence-corrected chi connectivity index (χ1v) is 15.1. The molecule has 0 spiro atoms. The van der Waals surface area contributed by atoms with E-state index in [9.17, 15) is 27.6 Å². The van der Waals surface area contributed by atoms with Crippen LogP contribution in [0.15, 0.2) is 60.7 Å². The molecule has 0 fully saturated rings. The summed E-state index contributed by atoms with van der Waals surface area (Å²) in [6.07, 6.45) is -0.834. The maximum atomic E-state index is 14.8. The van der Waals surface area contributed by atoms with E-state index in [2.05, 4.69) is 0 Å². The van der Waals surface area contributed by atoms with Gasteiger partial charge in [0.2, 0.25) is 0 Å². The summed E-state index contributed by atoms with van der Waals surface area (Å²) >= 11 is 0. The van der Waals surface area contributed by atoms with Crippen molar-refractivity contribution in [3.8, 4) is 0 Å². The van der Waals surface area contributed by atoms with Gasteiger partial charge >= 0.3 is 18.0 Å². The van der Waals surface area contributed by atoms with E-state index >= 15 is 0 Å². The molecule has 1 aliphatic rings. The summed E-state index contributed by atoms with van der Waals surface area (Å²) in [5, 5.41) is 0. The van der Waals surface area contributed by atoms with E-state index in [1.165, 1.54) is 20.9 Å². The highest BCUT2D eigenvalue weighted by Crippen LogP contribution is 2.36. The Kier molecular flexibility index (Phi) is 11.9. The number of nitrogens with zero attached hydrogens (tertiary/aromatic N) is 1. The molecule has 2 aromatic carbocycles. The molecule has 0 aliphatic heterocycles.